The minimum absolute atomic E-state index is 0.0549. The number of carbonyl (C=O) groups is 1. The van der Waals surface area contributed by atoms with E-state index in [9.17, 15) is 4.79 Å². The van der Waals surface area contributed by atoms with E-state index in [2.05, 4.69) is 26.9 Å². The number of ether oxygens (including phenoxy) is 1. The number of hydrogen-bond acceptors (Lipinski definition) is 5. The number of aliphatic imine (C=N–C) groups is 1. The van der Waals surface area contributed by atoms with Gasteiger partial charge in [0.25, 0.3) is 5.91 Å². The number of fused-ring (bicyclic) bond motifs is 1. The SMILES string of the molecule is COCCN=C1Nc2ccccc2N[C@]12CCCN(C(=O)c1cc(-c3ccccc3)n[nH]1)C2. The molecule has 3 heterocycles. The third-order valence-corrected chi connectivity index (χ3v) is 6.23. The van der Waals surface area contributed by atoms with Crippen molar-refractivity contribution in [1.82, 2.24) is 15.1 Å². The number of nitrogens with one attached hydrogen (secondary N) is 3. The van der Waals surface area contributed by atoms with Gasteiger partial charge in [-0.1, -0.05) is 42.5 Å². The molecule has 3 N–H and O–H groups in total. The summed E-state index contributed by atoms with van der Waals surface area (Å²) in [7, 11) is 1.67. The summed E-state index contributed by atoms with van der Waals surface area (Å²) in [6.07, 6.45) is 1.74. The topological polar surface area (TPSA) is 94.6 Å². The van der Waals surface area contributed by atoms with E-state index in [4.69, 9.17) is 9.73 Å². The average Bonchev–Trinajstić information content (AvgIpc) is 3.35. The van der Waals surface area contributed by atoms with Crippen LogP contribution in [-0.4, -0.2) is 65.7 Å². The maximum Gasteiger partial charge on any atom is 0.271 e. The number of para-hydroxylation sites is 2. The Labute approximate surface area is 193 Å². The molecule has 2 aromatic carbocycles. The van der Waals surface area contributed by atoms with Gasteiger partial charge < -0.3 is 20.3 Å². The van der Waals surface area contributed by atoms with Crippen molar-refractivity contribution < 1.29 is 9.53 Å². The first-order valence-electron chi connectivity index (χ1n) is 11.3. The van der Waals surface area contributed by atoms with E-state index in [-0.39, 0.29) is 5.91 Å². The molecular formula is C25H28N6O2. The van der Waals surface area contributed by atoms with Crippen LogP contribution in [0.25, 0.3) is 11.3 Å². The zero-order chi connectivity index (χ0) is 22.7. The second-order valence-corrected chi connectivity index (χ2v) is 8.46. The molecule has 0 saturated carbocycles. The number of rotatable bonds is 5. The number of methoxy groups -OCH3 is 1. The molecule has 2 aliphatic heterocycles. The van der Waals surface area contributed by atoms with Gasteiger partial charge in [-0.2, -0.15) is 5.10 Å². The first-order chi connectivity index (χ1) is 16.2. The summed E-state index contributed by atoms with van der Waals surface area (Å²) in [6.45, 7) is 2.30. The van der Waals surface area contributed by atoms with Crippen molar-refractivity contribution in [1.29, 1.82) is 0 Å². The lowest BCUT2D eigenvalue weighted by atomic mass is 9.85. The van der Waals surface area contributed by atoms with E-state index in [1.807, 2.05) is 59.5 Å². The Morgan fingerprint density at radius 1 is 1.15 bits per heavy atom. The Bertz CT molecular complexity index is 1160. The maximum atomic E-state index is 13.4. The Balaban J connectivity index is 1.41. The van der Waals surface area contributed by atoms with Crippen LogP contribution < -0.4 is 10.6 Å². The molecule has 1 atom stereocenters. The van der Waals surface area contributed by atoms with Crippen LogP contribution in [-0.2, 0) is 4.74 Å². The first-order valence-corrected chi connectivity index (χ1v) is 11.3. The van der Waals surface area contributed by atoms with Crippen LogP contribution in [0.3, 0.4) is 0 Å². The molecule has 1 fully saturated rings. The molecule has 1 spiro atoms. The summed E-state index contributed by atoms with van der Waals surface area (Å²) in [4.78, 5) is 20.1. The third kappa shape index (κ3) is 4.21. The Morgan fingerprint density at radius 2 is 1.94 bits per heavy atom. The highest BCUT2D eigenvalue weighted by atomic mass is 16.5. The molecule has 8 nitrogen and oxygen atoms in total. The molecule has 5 rings (SSSR count). The zero-order valence-electron chi connectivity index (χ0n) is 18.7. The summed E-state index contributed by atoms with van der Waals surface area (Å²) < 4.78 is 5.20. The lowest BCUT2D eigenvalue weighted by Gasteiger charge is -2.47. The van der Waals surface area contributed by atoms with Crippen LogP contribution >= 0.6 is 0 Å². The Morgan fingerprint density at radius 3 is 2.76 bits per heavy atom. The number of hydrogen-bond donors (Lipinski definition) is 3. The number of piperidine rings is 1. The van der Waals surface area contributed by atoms with Gasteiger partial charge in [-0.3, -0.25) is 14.9 Å². The van der Waals surface area contributed by atoms with E-state index in [0.29, 0.717) is 31.9 Å². The van der Waals surface area contributed by atoms with Gasteiger partial charge in [-0.05, 0) is 31.0 Å². The van der Waals surface area contributed by atoms with Gasteiger partial charge in [0.1, 0.15) is 17.1 Å². The fourth-order valence-corrected chi connectivity index (χ4v) is 4.59. The van der Waals surface area contributed by atoms with Gasteiger partial charge >= 0.3 is 0 Å². The molecule has 1 aromatic heterocycles. The first kappa shape index (κ1) is 21.2. The van der Waals surface area contributed by atoms with Crippen LogP contribution in [0.1, 0.15) is 23.3 Å². The molecule has 0 radical (unpaired) electrons. The zero-order valence-corrected chi connectivity index (χ0v) is 18.7. The van der Waals surface area contributed by atoms with Crippen molar-refractivity contribution in [2.24, 2.45) is 4.99 Å². The monoisotopic (exact) mass is 444 g/mol. The lowest BCUT2D eigenvalue weighted by Crippen LogP contribution is -2.62. The van der Waals surface area contributed by atoms with E-state index in [1.165, 1.54) is 0 Å². The third-order valence-electron chi connectivity index (χ3n) is 6.23. The van der Waals surface area contributed by atoms with Gasteiger partial charge in [0.15, 0.2) is 0 Å². The molecule has 170 valence electrons. The molecule has 0 bridgehead atoms. The van der Waals surface area contributed by atoms with Crippen molar-refractivity contribution in [2.75, 3.05) is 44.0 Å². The smallest absolute Gasteiger partial charge is 0.271 e. The van der Waals surface area contributed by atoms with Crippen molar-refractivity contribution in [3.8, 4) is 11.3 Å². The van der Waals surface area contributed by atoms with Crippen molar-refractivity contribution >= 4 is 23.1 Å². The van der Waals surface area contributed by atoms with Gasteiger partial charge in [-0.15, -0.1) is 0 Å². The molecule has 0 aliphatic carbocycles. The summed E-state index contributed by atoms with van der Waals surface area (Å²) in [5.74, 6) is 0.797. The van der Waals surface area contributed by atoms with Crippen molar-refractivity contribution in [2.45, 2.75) is 18.4 Å². The molecule has 0 unspecified atom stereocenters. The second kappa shape index (κ2) is 9.07. The minimum atomic E-state index is -0.474. The standard InChI is InChI=1S/C25H28N6O2/c1-33-15-13-26-24-25(28-20-11-6-5-10-19(20)27-24)12-7-14-31(17-25)23(32)22-16-21(29-30-22)18-8-3-2-4-9-18/h2-6,8-11,16,28H,7,12-15,17H2,1H3,(H,26,27)(H,29,30)/t25-/m0/s1. The van der Waals surface area contributed by atoms with Gasteiger partial charge in [0, 0.05) is 19.2 Å². The van der Waals surface area contributed by atoms with Crippen molar-refractivity contribution in [3.63, 3.8) is 0 Å². The number of H-pyrrole nitrogens is 1. The number of anilines is 2. The lowest BCUT2D eigenvalue weighted by molar-refractivity contribution is 0.0688. The fraction of sp³-hybridized carbons (Fsp3) is 0.320. The molecule has 1 amide bonds. The Hall–Kier alpha value is -3.65. The number of carbonyl (C=O) groups excluding carboxylic acids is 1. The molecule has 3 aromatic rings. The minimum Gasteiger partial charge on any atom is -0.383 e. The summed E-state index contributed by atoms with van der Waals surface area (Å²) in [5, 5.41) is 14.5. The van der Waals surface area contributed by atoms with Crippen LogP contribution in [0.4, 0.5) is 11.4 Å². The normalized spacial score (nSPS) is 20.9. The van der Waals surface area contributed by atoms with Gasteiger partial charge in [0.05, 0.1) is 36.8 Å². The highest BCUT2D eigenvalue weighted by Crippen LogP contribution is 2.36. The summed E-state index contributed by atoms with van der Waals surface area (Å²) in [5.41, 5.74) is 3.77. The average molecular weight is 445 g/mol. The van der Waals surface area contributed by atoms with E-state index in [1.54, 1.807) is 7.11 Å². The van der Waals surface area contributed by atoms with E-state index < -0.39 is 5.54 Å². The molecular weight excluding hydrogens is 416 g/mol. The number of aromatic nitrogens is 2. The summed E-state index contributed by atoms with van der Waals surface area (Å²) >= 11 is 0. The predicted octanol–water partition coefficient (Wildman–Crippen LogP) is 3.63. The van der Waals surface area contributed by atoms with Gasteiger partial charge in [-0.25, -0.2) is 0 Å². The number of benzene rings is 2. The fourth-order valence-electron chi connectivity index (χ4n) is 4.59. The number of amides is 1. The van der Waals surface area contributed by atoms with Crippen LogP contribution in [0.15, 0.2) is 65.7 Å². The number of aromatic amines is 1. The van der Waals surface area contributed by atoms with Crippen LogP contribution in [0, 0.1) is 0 Å². The maximum absolute atomic E-state index is 13.4. The second-order valence-electron chi connectivity index (χ2n) is 8.46. The van der Waals surface area contributed by atoms with E-state index >= 15 is 0 Å². The number of amidine groups is 1. The van der Waals surface area contributed by atoms with Crippen LogP contribution in [0.5, 0.6) is 0 Å². The molecule has 2 aliphatic rings. The predicted molar refractivity (Wildman–Crippen MR) is 130 cm³/mol. The van der Waals surface area contributed by atoms with E-state index in [0.717, 1.165) is 41.3 Å². The summed E-state index contributed by atoms with van der Waals surface area (Å²) in [6, 6.07) is 19.8. The number of nitrogens with zero attached hydrogens (tertiary/aromatic N) is 3. The van der Waals surface area contributed by atoms with Crippen LogP contribution in [0.2, 0.25) is 0 Å². The molecule has 1 saturated heterocycles. The highest BCUT2D eigenvalue weighted by Gasteiger charge is 2.44. The molecule has 8 heteroatoms. The van der Waals surface area contributed by atoms with Gasteiger partial charge in [0.2, 0.25) is 0 Å². The quantitative estimate of drug-likeness (QED) is 0.523. The number of likely N-dealkylation sites (tertiary alicyclic amines) is 1. The highest BCUT2D eigenvalue weighted by molar-refractivity contribution is 6.10. The largest absolute Gasteiger partial charge is 0.383 e. The van der Waals surface area contributed by atoms with Crippen molar-refractivity contribution in [3.05, 3.63) is 66.4 Å². The molecule has 33 heavy (non-hydrogen) atoms. The Kier molecular flexibility index (Phi) is 5.83.